The Morgan fingerprint density at radius 2 is 1.00 bits per heavy atom. The molecule has 0 spiro atoms. The number of carbonyl (C=O) groups excluding carboxylic acids is 1. The van der Waals surface area contributed by atoms with Crippen LogP contribution in [0.3, 0.4) is 0 Å². The monoisotopic (exact) mass is 388 g/mol. The summed E-state index contributed by atoms with van der Waals surface area (Å²) in [6.45, 7) is 18.7. The van der Waals surface area contributed by atoms with Crippen molar-refractivity contribution in [3.05, 3.63) is 46.5 Å². The van der Waals surface area contributed by atoms with Gasteiger partial charge in [-0.1, -0.05) is 53.3 Å². The van der Waals surface area contributed by atoms with Crippen molar-refractivity contribution in [2.45, 2.75) is 76.0 Å². The molecule has 4 heteroatoms. The summed E-state index contributed by atoms with van der Waals surface area (Å²) in [7, 11) is 0. The van der Waals surface area contributed by atoms with Crippen LogP contribution in [0.4, 0.5) is 0 Å². The van der Waals surface area contributed by atoms with Gasteiger partial charge in [-0.05, 0) is 60.1 Å². The van der Waals surface area contributed by atoms with E-state index in [1.165, 1.54) is 0 Å². The van der Waals surface area contributed by atoms with E-state index in [0.717, 1.165) is 32.0 Å². The summed E-state index contributed by atoms with van der Waals surface area (Å²) in [5.41, 5.74) is 3.78. The lowest BCUT2D eigenvalue weighted by atomic mass is 9.86. The fourth-order valence-corrected chi connectivity index (χ4v) is 3.92. The lowest BCUT2D eigenvalue weighted by Gasteiger charge is -2.24. The Labute approximate surface area is 167 Å². The number of benzene rings is 2. The molecule has 2 aromatic rings. The van der Waals surface area contributed by atoms with Crippen molar-refractivity contribution >= 4 is 18.6 Å². The standard InChI is InChI=1S/C22H30O2S.CH2O/c1-13-9-17(23)15(21(3,4)5)11-19(13)25-20-12-16(22(6,7)8)18(24)10-14(20)2;1-2/h9-12,23-24H,1-8H3;1H2. The topological polar surface area (TPSA) is 57.5 Å². The first-order chi connectivity index (χ1) is 12.3. The molecule has 0 unspecified atom stereocenters. The fourth-order valence-electron chi connectivity index (χ4n) is 2.89. The Hall–Kier alpha value is -1.94. The third kappa shape index (κ3) is 5.52. The highest BCUT2D eigenvalue weighted by atomic mass is 32.2. The first-order valence-corrected chi connectivity index (χ1v) is 9.77. The van der Waals surface area contributed by atoms with Gasteiger partial charge in [0.15, 0.2) is 0 Å². The quantitative estimate of drug-likeness (QED) is 0.636. The van der Waals surface area contributed by atoms with Crippen molar-refractivity contribution in [1.82, 2.24) is 0 Å². The molecule has 2 aromatic carbocycles. The number of hydrogen-bond acceptors (Lipinski definition) is 4. The Balaban J connectivity index is 0.00000176. The van der Waals surface area contributed by atoms with Crippen LogP contribution < -0.4 is 0 Å². The average molecular weight is 389 g/mol. The molecule has 0 fully saturated rings. The van der Waals surface area contributed by atoms with Crippen molar-refractivity contribution in [3.8, 4) is 11.5 Å². The van der Waals surface area contributed by atoms with E-state index in [1.54, 1.807) is 11.8 Å². The molecular weight excluding hydrogens is 356 g/mol. The lowest BCUT2D eigenvalue weighted by Crippen LogP contribution is -2.12. The van der Waals surface area contributed by atoms with Crippen molar-refractivity contribution in [2.24, 2.45) is 0 Å². The highest BCUT2D eigenvalue weighted by molar-refractivity contribution is 7.99. The highest BCUT2D eigenvalue weighted by Gasteiger charge is 2.22. The van der Waals surface area contributed by atoms with Crippen LogP contribution in [-0.2, 0) is 15.6 Å². The van der Waals surface area contributed by atoms with Gasteiger partial charge >= 0.3 is 0 Å². The zero-order chi connectivity index (χ0) is 21.2. The molecule has 0 aliphatic heterocycles. The van der Waals surface area contributed by atoms with E-state index in [1.807, 2.05) is 32.8 Å². The first kappa shape index (κ1) is 23.1. The summed E-state index contributed by atoms with van der Waals surface area (Å²) < 4.78 is 0. The minimum absolute atomic E-state index is 0.117. The molecule has 27 heavy (non-hydrogen) atoms. The van der Waals surface area contributed by atoms with Crippen LogP contribution in [0.15, 0.2) is 34.1 Å². The molecule has 0 aromatic heterocycles. The summed E-state index contributed by atoms with van der Waals surface area (Å²) in [4.78, 5) is 10.3. The SMILES string of the molecule is C=O.Cc1cc(O)c(C(C)(C)C)cc1Sc1cc(C(C)(C)C)c(O)cc1C. The molecule has 0 saturated heterocycles. The van der Waals surface area contributed by atoms with Gasteiger partial charge in [0, 0.05) is 20.9 Å². The van der Waals surface area contributed by atoms with Crippen molar-refractivity contribution in [2.75, 3.05) is 0 Å². The maximum absolute atomic E-state index is 10.3. The van der Waals surface area contributed by atoms with Crippen molar-refractivity contribution < 1.29 is 15.0 Å². The van der Waals surface area contributed by atoms with E-state index in [0.29, 0.717) is 11.5 Å². The minimum Gasteiger partial charge on any atom is -0.508 e. The smallest absolute Gasteiger partial charge is 0.119 e. The largest absolute Gasteiger partial charge is 0.508 e. The Bertz CT molecular complexity index is 744. The van der Waals surface area contributed by atoms with Crippen LogP contribution in [-0.4, -0.2) is 17.0 Å². The van der Waals surface area contributed by atoms with E-state index in [9.17, 15) is 10.2 Å². The molecule has 0 saturated carbocycles. The molecule has 2 rings (SSSR count). The predicted molar refractivity (Wildman–Crippen MR) is 114 cm³/mol. The number of phenols is 2. The molecule has 0 amide bonds. The van der Waals surface area contributed by atoms with Crippen LogP contribution in [0.1, 0.15) is 63.8 Å². The second-order valence-electron chi connectivity index (χ2n) is 8.87. The third-order valence-electron chi connectivity index (χ3n) is 4.42. The number of rotatable bonds is 2. The summed E-state index contributed by atoms with van der Waals surface area (Å²) in [6, 6.07) is 7.89. The van der Waals surface area contributed by atoms with Gasteiger partial charge in [-0.15, -0.1) is 0 Å². The Kier molecular flexibility index (Phi) is 7.17. The van der Waals surface area contributed by atoms with Gasteiger partial charge in [0.2, 0.25) is 0 Å². The molecule has 0 bridgehead atoms. The van der Waals surface area contributed by atoms with Crippen LogP contribution in [0.25, 0.3) is 0 Å². The molecular formula is C23H32O3S. The number of hydrogen-bond donors (Lipinski definition) is 2. The average Bonchev–Trinajstić information content (AvgIpc) is 2.51. The normalized spacial score (nSPS) is 11.7. The minimum atomic E-state index is -0.117. The summed E-state index contributed by atoms with van der Waals surface area (Å²) >= 11 is 1.70. The van der Waals surface area contributed by atoms with E-state index < -0.39 is 0 Å². The number of aryl methyl sites for hydroxylation is 2. The zero-order valence-corrected chi connectivity index (χ0v) is 18.5. The van der Waals surface area contributed by atoms with Crippen LogP contribution in [0.5, 0.6) is 11.5 Å². The summed E-state index contributed by atoms with van der Waals surface area (Å²) in [5, 5.41) is 20.6. The second kappa shape index (κ2) is 8.39. The maximum atomic E-state index is 10.3. The van der Waals surface area contributed by atoms with Gasteiger partial charge in [-0.3, -0.25) is 0 Å². The lowest BCUT2D eigenvalue weighted by molar-refractivity contribution is -0.0979. The van der Waals surface area contributed by atoms with Gasteiger partial charge in [0.1, 0.15) is 18.3 Å². The van der Waals surface area contributed by atoms with Gasteiger partial charge in [0.05, 0.1) is 0 Å². The first-order valence-electron chi connectivity index (χ1n) is 8.95. The second-order valence-corrected chi connectivity index (χ2v) is 9.96. The summed E-state index contributed by atoms with van der Waals surface area (Å²) in [5.74, 6) is 0.708. The predicted octanol–water partition coefficient (Wildman–Crippen LogP) is 6.28. The molecule has 0 aliphatic rings. The van der Waals surface area contributed by atoms with Gasteiger partial charge in [0.25, 0.3) is 0 Å². The molecule has 148 valence electrons. The maximum Gasteiger partial charge on any atom is 0.119 e. The zero-order valence-electron chi connectivity index (χ0n) is 17.7. The van der Waals surface area contributed by atoms with Crippen molar-refractivity contribution in [1.29, 1.82) is 0 Å². The molecule has 0 radical (unpaired) electrons. The molecule has 3 nitrogen and oxygen atoms in total. The number of carbonyl (C=O) groups is 1. The van der Waals surface area contributed by atoms with Gasteiger partial charge in [-0.2, -0.15) is 0 Å². The van der Waals surface area contributed by atoms with E-state index in [-0.39, 0.29) is 10.8 Å². The van der Waals surface area contributed by atoms with Crippen LogP contribution >= 0.6 is 11.8 Å². The fraction of sp³-hybridized carbons (Fsp3) is 0.435. The van der Waals surface area contributed by atoms with Crippen LogP contribution in [0, 0.1) is 13.8 Å². The molecule has 0 heterocycles. The van der Waals surface area contributed by atoms with E-state index in [2.05, 4.69) is 53.7 Å². The Morgan fingerprint density at radius 1 is 0.704 bits per heavy atom. The van der Waals surface area contributed by atoms with Crippen molar-refractivity contribution in [3.63, 3.8) is 0 Å². The molecule has 0 aliphatic carbocycles. The number of aromatic hydroxyl groups is 2. The van der Waals surface area contributed by atoms with Crippen LogP contribution in [0.2, 0.25) is 0 Å². The summed E-state index contributed by atoms with van der Waals surface area (Å²) in [6.07, 6.45) is 0. The Morgan fingerprint density at radius 3 is 1.26 bits per heavy atom. The third-order valence-corrected chi connectivity index (χ3v) is 5.74. The van der Waals surface area contributed by atoms with E-state index >= 15 is 0 Å². The highest BCUT2D eigenvalue weighted by Crippen LogP contribution is 2.42. The molecule has 2 N–H and O–H groups in total. The molecule has 0 atom stereocenters. The number of phenolic OH excluding ortho intramolecular Hbond substituents is 2. The van der Waals surface area contributed by atoms with Gasteiger partial charge < -0.3 is 15.0 Å². The van der Waals surface area contributed by atoms with E-state index in [4.69, 9.17) is 4.79 Å². The van der Waals surface area contributed by atoms with Gasteiger partial charge in [-0.25, -0.2) is 0 Å².